The largest absolute Gasteiger partial charge is 0.444 e. The van der Waals surface area contributed by atoms with Crippen LogP contribution in [-0.4, -0.2) is 35.2 Å². The van der Waals surface area contributed by atoms with Gasteiger partial charge in [-0.1, -0.05) is 37.5 Å². The van der Waals surface area contributed by atoms with Gasteiger partial charge in [-0.2, -0.15) is 0 Å². The van der Waals surface area contributed by atoms with E-state index in [-0.39, 0.29) is 35.5 Å². The molecule has 1 aromatic carbocycles. The second kappa shape index (κ2) is 11.0. The van der Waals surface area contributed by atoms with Crippen LogP contribution >= 0.6 is 24.0 Å². The molecule has 1 heterocycles. The van der Waals surface area contributed by atoms with E-state index in [9.17, 15) is 5.11 Å². The predicted octanol–water partition coefficient (Wildman–Crippen LogP) is 4.26. The highest BCUT2D eigenvalue weighted by Gasteiger charge is 2.35. The summed E-state index contributed by atoms with van der Waals surface area (Å²) in [5.74, 6) is 1.35. The number of aliphatic hydroxyl groups is 1. The molecule has 0 spiro atoms. The first kappa shape index (κ1) is 23.7. The SMILES string of the molecule is CCNC(=NCc1coc(-c2ccc(C)cc2)n1)NCC1(C)CCCCC1O.I. The van der Waals surface area contributed by atoms with Gasteiger partial charge in [-0.05, 0) is 38.8 Å². The standard InChI is InChI=1S/C22H32N4O2.HI/c1-4-23-21(25-15-22(3)12-6-5-7-19(22)27)24-13-18-14-28-20(26-18)17-10-8-16(2)9-11-17;/h8-11,14,19,27H,4-7,12-13,15H2,1-3H3,(H2,23,24,25);1H. The zero-order valence-corrected chi connectivity index (χ0v) is 19.9. The summed E-state index contributed by atoms with van der Waals surface area (Å²) in [5.41, 5.74) is 2.85. The summed E-state index contributed by atoms with van der Waals surface area (Å²) in [5, 5.41) is 17.0. The first-order valence-corrected chi connectivity index (χ1v) is 10.2. The number of aryl methyl sites for hydroxylation is 1. The number of guanidine groups is 1. The fraction of sp³-hybridized carbons (Fsp3) is 0.545. The summed E-state index contributed by atoms with van der Waals surface area (Å²) < 4.78 is 5.61. The molecule has 160 valence electrons. The van der Waals surface area contributed by atoms with Crippen molar-refractivity contribution in [3.8, 4) is 11.5 Å². The zero-order chi connectivity index (χ0) is 20.0. The summed E-state index contributed by atoms with van der Waals surface area (Å²) in [6.07, 6.45) is 5.60. The zero-order valence-electron chi connectivity index (χ0n) is 17.6. The Morgan fingerprint density at radius 3 is 2.72 bits per heavy atom. The number of hydrogen-bond donors (Lipinski definition) is 3. The van der Waals surface area contributed by atoms with Crippen LogP contribution in [0.25, 0.3) is 11.5 Å². The Bertz CT molecular complexity index is 790. The van der Waals surface area contributed by atoms with Gasteiger partial charge in [0.25, 0.3) is 0 Å². The number of aromatic nitrogens is 1. The van der Waals surface area contributed by atoms with Crippen LogP contribution in [-0.2, 0) is 6.54 Å². The van der Waals surface area contributed by atoms with Crippen molar-refractivity contribution < 1.29 is 9.52 Å². The number of rotatable bonds is 6. The molecule has 7 heteroatoms. The normalized spacial score (nSPS) is 22.1. The van der Waals surface area contributed by atoms with Crippen LogP contribution in [0.1, 0.15) is 50.8 Å². The summed E-state index contributed by atoms with van der Waals surface area (Å²) in [4.78, 5) is 9.18. The minimum Gasteiger partial charge on any atom is -0.444 e. The van der Waals surface area contributed by atoms with Gasteiger partial charge in [-0.25, -0.2) is 9.98 Å². The molecule has 1 aromatic heterocycles. The second-order valence-corrected chi connectivity index (χ2v) is 7.97. The van der Waals surface area contributed by atoms with Crippen LogP contribution < -0.4 is 10.6 Å². The van der Waals surface area contributed by atoms with Crippen LogP contribution in [0.2, 0.25) is 0 Å². The molecule has 1 aliphatic rings. The van der Waals surface area contributed by atoms with Crippen molar-refractivity contribution in [1.82, 2.24) is 15.6 Å². The third-order valence-corrected chi connectivity index (χ3v) is 5.53. The Morgan fingerprint density at radius 2 is 2.03 bits per heavy atom. The molecule has 0 aliphatic heterocycles. The van der Waals surface area contributed by atoms with E-state index in [0.717, 1.165) is 43.0 Å². The number of oxazole rings is 1. The molecule has 29 heavy (non-hydrogen) atoms. The Morgan fingerprint density at radius 1 is 1.28 bits per heavy atom. The molecule has 1 aliphatic carbocycles. The molecule has 2 unspecified atom stereocenters. The summed E-state index contributed by atoms with van der Waals surface area (Å²) in [6, 6.07) is 8.11. The average molecular weight is 512 g/mol. The average Bonchev–Trinajstić information content (AvgIpc) is 3.16. The van der Waals surface area contributed by atoms with E-state index in [4.69, 9.17) is 4.42 Å². The molecule has 1 saturated carbocycles. The third kappa shape index (κ3) is 6.44. The van der Waals surface area contributed by atoms with Gasteiger partial charge in [-0.3, -0.25) is 0 Å². The molecule has 2 atom stereocenters. The van der Waals surface area contributed by atoms with E-state index in [0.29, 0.717) is 19.0 Å². The number of nitrogens with one attached hydrogen (secondary N) is 2. The van der Waals surface area contributed by atoms with Gasteiger partial charge in [0.15, 0.2) is 5.96 Å². The topological polar surface area (TPSA) is 82.7 Å². The minimum absolute atomic E-state index is 0. The van der Waals surface area contributed by atoms with Gasteiger partial charge >= 0.3 is 0 Å². The summed E-state index contributed by atoms with van der Waals surface area (Å²) >= 11 is 0. The lowest BCUT2D eigenvalue weighted by atomic mass is 9.73. The molecular formula is C22H33IN4O2. The number of aliphatic hydroxyl groups excluding tert-OH is 1. The minimum atomic E-state index is -0.260. The van der Waals surface area contributed by atoms with Crippen LogP contribution in [0.5, 0.6) is 0 Å². The van der Waals surface area contributed by atoms with Crippen LogP contribution in [0.4, 0.5) is 0 Å². The van der Waals surface area contributed by atoms with Crippen LogP contribution in [0.15, 0.2) is 39.9 Å². The molecule has 0 saturated heterocycles. The van der Waals surface area contributed by atoms with Gasteiger partial charge < -0.3 is 20.2 Å². The van der Waals surface area contributed by atoms with Crippen molar-refractivity contribution >= 4 is 29.9 Å². The number of hydrogen-bond acceptors (Lipinski definition) is 4. The van der Waals surface area contributed by atoms with Crippen LogP contribution in [0.3, 0.4) is 0 Å². The fourth-order valence-electron chi connectivity index (χ4n) is 3.58. The molecule has 0 amide bonds. The van der Waals surface area contributed by atoms with Crippen molar-refractivity contribution in [2.75, 3.05) is 13.1 Å². The fourth-order valence-corrected chi connectivity index (χ4v) is 3.58. The molecular weight excluding hydrogens is 479 g/mol. The van der Waals surface area contributed by atoms with E-state index in [1.807, 2.05) is 31.2 Å². The van der Waals surface area contributed by atoms with E-state index >= 15 is 0 Å². The number of benzene rings is 1. The van der Waals surface area contributed by atoms with Crippen molar-refractivity contribution in [3.05, 3.63) is 41.8 Å². The quantitative estimate of drug-likeness (QED) is 0.306. The predicted molar refractivity (Wildman–Crippen MR) is 127 cm³/mol. The monoisotopic (exact) mass is 512 g/mol. The second-order valence-electron chi connectivity index (χ2n) is 7.97. The first-order valence-electron chi connectivity index (χ1n) is 10.2. The van der Waals surface area contributed by atoms with E-state index < -0.39 is 0 Å². The van der Waals surface area contributed by atoms with E-state index in [1.54, 1.807) is 6.26 Å². The Kier molecular flexibility index (Phi) is 8.95. The maximum absolute atomic E-state index is 10.4. The lowest BCUT2D eigenvalue weighted by Crippen LogP contribution is -2.48. The first-order chi connectivity index (χ1) is 13.5. The Hall–Kier alpha value is -1.61. The summed E-state index contributed by atoms with van der Waals surface area (Å²) in [7, 11) is 0. The highest BCUT2D eigenvalue weighted by Crippen LogP contribution is 2.35. The molecule has 6 nitrogen and oxygen atoms in total. The maximum atomic E-state index is 10.4. The molecule has 2 aromatic rings. The number of nitrogens with zero attached hydrogens (tertiary/aromatic N) is 2. The lowest BCUT2D eigenvalue weighted by molar-refractivity contribution is 0.00397. The summed E-state index contributed by atoms with van der Waals surface area (Å²) in [6.45, 7) is 8.16. The highest BCUT2D eigenvalue weighted by atomic mass is 127. The van der Waals surface area contributed by atoms with Gasteiger partial charge in [0.1, 0.15) is 12.0 Å². The number of halogens is 1. The van der Waals surface area contributed by atoms with Crippen LogP contribution in [0, 0.1) is 12.3 Å². The number of aliphatic imine (C=N–C) groups is 1. The molecule has 3 N–H and O–H groups in total. The Balaban J connectivity index is 0.00000300. The van der Waals surface area contributed by atoms with Gasteiger partial charge in [0.2, 0.25) is 5.89 Å². The van der Waals surface area contributed by atoms with Gasteiger partial charge in [-0.15, -0.1) is 24.0 Å². The van der Waals surface area contributed by atoms with E-state index in [2.05, 4.69) is 34.5 Å². The maximum Gasteiger partial charge on any atom is 0.226 e. The van der Waals surface area contributed by atoms with Gasteiger partial charge in [0, 0.05) is 24.1 Å². The molecule has 1 fully saturated rings. The molecule has 0 radical (unpaired) electrons. The van der Waals surface area contributed by atoms with Crippen molar-refractivity contribution in [3.63, 3.8) is 0 Å². The van der Waals surface area contributed by atoms with Gasteiger partial charge in [0.05, 0.1) is 12.6 Å². The highest BCUT2D eigenvalue weighted by molar-refractivity contribution is 14.0. The van der Waals surface area contributed by atoms with E-state index in [1.165, 1.54) is 12.0 Å². The Labute approximate surface area is 190 Å². The van der Waals surface area contributed by atoms with Crippen molar-refractivity contribution in [2.45, 2.75) is 59.1 Å². The smallest absolute Gasteiger partial charge is 0.226 e. The van der Waals surface area contributed by atoms with Crippen molar-refractivity contribution in [1.29, 1.82) is 0 Å². The lowest BCUT2D eigenvalue weighted by Gasteiger charge is -2.38. The van der Waals surface area contributed by atoms with Crippen molar-refractivity contribution in [2.24, 2.45) is 10.4 Å². The third-order valence-electron chi connectivity index (χ3n) is 5.53. The molecule has 0 bridgehead atoms. The molecule has 3 rings (SSSR count).